The zero-order valence-corrected chi connectivity index (χ0v) is 17.3. The van der Waals surface area contributed by atoms with Gasteiger partial charge < -0.3 is 16.4 Å². The molecule has 1 aromatic rings. The molecule has 6 nitrogen and oxygen atoms in total. The van der Waals surface area contributed by atoms with Crippen LogP contribution in [-0.4, -0.2) is 41.6 Å². The molecule has 3 rings (SSSR count). The molecule has 2 heterocycles. The second kappa shape index (κ2) is 8.63. The van der Waals surface area contributed by atoms with Gasteiger partial charge >= 0.3 is 0 Å². The van der Waals surface area contributed by atoms with Crippen LogP contribution in [0.25, 0.3) is 0 Å². The van der Waals surface area contributed by atoms with Gasteiger partial charge in [-0.15, -0.1) is 0 Å². The van der Waals surface area contributed by atoms with Gasteiger partial charge in [-0.25, -0.2) is 4.99 Å². The van der Waals surface area contributed by atoms with E-state index in [2.05, 4.69) is 26.6 Å². The van der Waals surface area contributed by atoms with Crippen LogP contribution in [0.4, 0.5) is 0 Å². The van der Waals surface area contributed by atoms with Crippen molar-refractivity contribution in [3.05, 3.63) is 34.3 Å². The van der Waals surface area contributed by atoms with Gasteiger partial charge in [-0.05, 0) is 50.8 Å². The normalized spacial score (nSPS) is 23.4. The van der Waals surface area contributed by atoms with Crippen LogP contribution in [0.1, 0.15) is 39.0 Å². The van der Waals surface area contributed by atoms with Crippen molar-refractivity contribution >= 4 is 35.9 Å². The Morgan fingerprint density at radius 1 is 1.41 bits per heavy atom. The van der Waals surface area contributed by atoms with Crippen LogP contribution in [0, 0.1) is 5.41 Å². The molecule has 1 saturated heterocycles. The van der Waals surface area contributed by atoms with Crippen molar-refractivity contribution in [1.82, 2.24) is 9.88 Å². The molecule has 0 unspecified atom stereocenters. The highest BCUT2D eigenvalue weighted by Crippen LogP contribution is 2.45. The second-order valence-electron chi connectivity index (χ2n) is 7.26. The molecule has 1 spiro atoms. The largest absolute Gasteiger partial charge is 0.381 e. The molecule has 0 aromatic carbocycles. The topological polar surface area (TPSA) is 92.9 Å². The molecule has 146 valence electrons. The first-order valence-electron chi connectivity index (χ1n) is 9.25. The molecule has 1 atom stereocenters. The van der Waals surface area contributed by atoms with Crippen molar-refractivity contribution in [3.8, 4) is 0 Å². The molecule has 0 bridgehead atoms. The number of halogens is 1. The average molecular weight is 407 g/mol. The number of amidine groups is 1. The van der Waals surface area contributed by atoms with Gasteiger partial charge in [0, 0.05) is 36.4 Å². The van der Waals surface area contributed by atoms with Crippen LogP contribution in [0.5, 0.6) is 0 Å². The van der Waals surface area contributed by atoms with E-state index < -0.39 is 0 Å². The standard InChI is InChI=1S/C19H27ClN6S/c1-13(26-10-7-19(8-11-26)6-3-4-16(19)21)25-17(22)18(23-2)27-15-5-9-24-12-14(15)20/h5,9,12,16H,2-4,6-8,10-11,21-22H2,1H3/b18-17+,25-13?/t16-/m1/s1. The molecule has 0 amide bonds. The van der Waals surface area contributed by atoms with Gasteiger partial charge in [0.2, 0.25) is 0 Å². The van der Waals surface area contributed by atoms with Crippen molar-refractivity contribution in [2.45, 2.75) is 50.0 Å². The van der Waals surface area contributed by atoms with E-state index >= 15 is 0 Å². The van der Waals surface area contributed by atoms with Gasteiger partial charge in [0.15, 0.2) is 5.82 Å². The highest BCUT2D eigenvalue weighted by Gasteiger charge is 2.42. The minimum Gasteiger partial charge on any atom is -0.381 e. The van der Waals surface area contributed by atoms with E-state index in [0.29, 0.717) is 27.3 Å². The molecule has 8 heteroatoms. The number of piperidine rings is 1. The molecule has 1 aromatic heterocycles. The Hall–Kier alpha value is -1.57. The molecule has 0 radical (unpaired) electrons. The van der Waals surface area contributed by atoms with E-state index in [1.807, 2.05) is 13.0 Å². The Labute approximate surface area is 170 Å². The average Bonchev–Trinajstić information content (AvgIpc) is 3.01. The van der Waals surface area contributed by atoms with E-state index in [1.54, 1.807) is 12.4 Å². The van der Waals surface area contributed by atoms with E-state index in [9.17, 15) is 0 Å². The minimum absolute atomic E-state index is 0.333. The number of pyridine rings is 1. The third kappa shape index (κ3) is 4.47. The van der Waals surface area contributed by atoms with Crippen LogP contribution in [-0.2, 0) is 0 Å². The summed E-state index contributed by atoms with van der Waals surface area (Å²) in [5.41, 5.74) is 12.9. The van der Waals surface area contributed by atoms with Crippen molar-refractivity contribution in [3.63, 3.8) is 0 Å². The molecular formula is C19H27ClN6S. The molecule has 2 aliphatic rings. The van der Waals surface area contributed by atoms with Gasteiger partial charge in [0.1, 0.15) is 10.9 Å². The molecule has 2 fully saturated rings. The van der Waals surface area contributed by atoms with Crippen molar-refractivity contribution < 1.29 is 0 Å². The maximum absolute atomic E-state index is 6.38. The Bertz CT molecular complexity index is 754. The lowest BCUT2D eigenvalue weighted by Crippen LogP contribution is -2.48. The van der Waals surface area contributed by atoms with Crippen molar-refractivity contribution in [2.75, 3.05) is 13.1 Å². The van der Waals surface area contributed by atoms with Crippen LogP contribution in [0.2, 0.25) is 5.02 Å². The number of nitrogens with zero attached hydrogens (tertiary/aromatic N) is 4. The fourth-order valence-electron chi connectivity index (χ4n) is 4.07. The minimum atomic E-state index is 0.333. The summed E-state index contributed by atoms with van der Waals surface area (Å²) in [6.07, 6.45) is 9.19. The van der Waals surface area contributed by atoms with Crippen molar-refractivity contribution in [1.29, 1.82) is 0 Å². The quantitative estimate of drug-likeness (QED) is 0.452. The Kier molecular flexibility index (Phi) is 6.44. The number of aliphatic imine (C=N–C) groups is 2. The third-order valence-corrected chi connectivity index (χ3v) is 7.30. The maximum Gasteiger partial charge on any atom is 0.158 e. The number of thioether (sulfide) groups is 1. The molecule has 4 N–H and O–H groups in total. The number of likely N-dealkylation sites (tertiary alicyclic amines) is 1. The zero-order valence-electron chi connectivity index (χ0n) is 15.7. The van der Waals surface area contributed by atoms with Gasteiger partial charge in [0.25, 0.3) is 0 Å². The summed E-state index contributed by atoms with van der Waals surface area (Å²) in [4.78, 5) is 15.7. The van der Waals surface area contributed by atoms with Crippen LogP contribution in [0.15, 0.2) is 44.2 Å². The Morgan fingerprint density at radius 3 is 2.74 bits per heavy atom. The van der Waals surface area contributed by atoms with E-state index in [1.165, 1.54) is 24.6 Å². The lowest BCUT2D eigenvalue weighted by atomic mass is 9.74. The Morgan fingerprint density at radius 2 is 2.15 bits per heavy atom. The van der Waals surface area contributed by atoms with Crippen LogP contribution in [0.3, 0.4) is 0 Å². The van der Waals surface area contributed by atoms with E-state index in [4.69, 9.17) is 23.1 Å². The number of rotatable bonds is 4. The molecular weight excluding hydrogens is 380 g/mol. The molecule has 1 saturated carbocycles. The number of aromatic nitrogens is 1. The smallest absolute Gasteiger partial charge is 0.158 e. The fraction of sp³-hybridized carbons (Fsp3) is 0.526. The predicted octanol–water partition coefficient (Wildman–Crippen LogP) is 3.62. The van der Waals surface area contributed by atoms with Gasteiger partial charge in [0.05, 0.1) is 5.02 Å². The van der Waals surface area contributed by atoms with Gasteiger partial charge in [-0.1, -0.05) is 29.8 Å². The van der Waals surface area contributed by atoms with Gasteiger partial charge in [-0.3, -0.25) is 9.98 Å². The van der Waals surface area contributed by atoms with Crippen molar-refractivity contribution in [2.24, 2.45) is 26.9 Å². The predicted molar refractivity (Wildman–Crippen MR) is 114 cm³/mol. The number of hydrogen-bond acceptors (Lipinski definition) is 6. The first kappa shape index (κ1) is 20.2. The fourth-order valence-corrected chi connectivity index (χ4v) is 5.01. The van der Waals surface area contributed by atoms with Crippen LogP contribution >= 0.6 is 23.4 Å². The van der Waals surface area contributed by atoms with E-state index in [-0.39, 0.29) is 0 Å². The summed E-state index contributed by atoms with van der Waals surface area (Å²) in [5, 5.41) is 1.08. The maximum atomic E-state index is 6.38. The summed E-state index contributed by atoms with van der Waals surface area (Å²) < 4.78 is 0. The molecule has 1 aliphatic heterocycles. The SMILES string of the molecule is C=N/C(Sc1ccncc1Cl)=C(/N)N=C(C)N1CCC2(CCC[C@H]2N)CC1. The number of nitrogens with two attached hydrogens (primary N) is 2. The highest BCUT2D eigenvalue weighted by atomic mass is 35.5. The summed E-state index contributed by atoms with van der Waals surface area (Å²) >= 11 is 7.50. The summed E-state index contributed by atoms with van der Waals surface area (Å²) in [7, 11) is 0. The first-order valence-corrected chi connectivity index (χ1v) is 10.4. The Balaban J connectivity index is 1.69. The lowest BCUT2D eigenvalue weighted by Gasteiger charge is -2.42. The molecule has 1 aliphatic carbocycles. The van der Waals surface area contributed by atoms with E-state index in [0.717, 1.165) is 43.1 Å². The second-order valence-corrected chi connectivity index (χ2v) is 8.70. The van der Waals surface area contributed by atoms with Crippen LogP contribution < -0.4 is 11.5 Å². The summed E-state index contributed by atoms with van der Waals surface area (Å²) in [6, 6.07) is 2.16. The lowest BCUT2D eigenvalue weighted by molar-refractivity contribution is 0.134. The number of hydrogen-bond donors (Lipinski definition) is 2. The summed E-state index contributed by atoms with van der Waals surface area (Å²) in [6.45, 7) is 7.55. The first-order chi connectivity index (χ1) is 12.9. The van der Waals surface area contributed by atoms with Gasteiger partial charge in [-0.2, -0.15) is 0 Å². The monoisotopic (exact) mass is 406 g/mol. The molecule has 27 heavy (non-hydrogen) atoms. The zero-order chi connectivity index (χ0) is 19.4. The summed E-state index contributed by atoms with van der Waals surface area (Å²) in [5.74, 6) is 1.25. The highest BCUT2D eigenvalue weighted by molar-refractivity contribution is 8.03. The third-order valence-electron chi connectivity index (χ3n) is 5.78.